The minimum absolute atomic E-state index is 0.253. The van der Waals surface area contributed by atoms with Gasteiger partial charge in [-0.2, -0.15) is 0 Å². The van der Waals surface area contributed by atoms with Gasteiger partial charge in [-0.15, -0.1) is 0 Å². The van der Waals surface area contributed by atoms with Gasteiger partial charge in [0.1, 0.15) is 0 Å². The number of aliphatic hydroxyl groups is 1. The van der Waals surface area contributed by atoms with Crippen molar-refractivity contribution in [2.45, 2.75) is 26.2 Å². The van der Waals surface area contributed by atoms with Crippen molar-refractivity contribution in [2.75, 3.05) is 6.61 Å². The van der Waals surface area contributed by atoms with Gasteiger partial charge < -0.3 is 5.11 Å². The van der Waals surface area contributed by atoms with Crippen LogP contribution in [0.15, 0.2) is 24.3 Å². The number of rotatable bonds is 2. The van der Waals surface area contributed by atoms with Crippen molar-refractivity contribution in [1.29, 1.82) is 0 Å². The third-order valence-electron chi connectivity index (χ3n) is 2.88. The largest absolute Gasteiger partial charge is 0.396 e. The van der Waals surface area contributed by atoms with Gasteiger partial charge in [0.25, 0.3) is 0 Å². The van der Waals surface area contributed by atoms with Crippen molar-refractivity contribution >= 4 is 0 Å². The lowest BCUT2D eigenvalue weighted by atomic mass is 9.76. The van der Waals surface area contributed by atoms with Gasteiger partial charge in [0.15, 0.2) is 0 Å². The normalized spacial score (nSPS) is 30.3. The molecule has 0 aliphatic heterocycles. The lowest BCUT2D eigenvalue weighted by molar-refractivity contribution is 0.209. The lowest BCUT2D eigenvalue weighted by Crippen LogP contribution is -2.20. The molecule has 1 heteroatoms. The van der Waals surface area contributed by atoms with Crippen LogP contribution >= 0.6 is 0 Å². The van der Waals surface area contributed by atoms with Crippen LogP contribution < -0.4 is 0 Å². The van der Waals surface area contributed by atoms with Crippen molar-refractivity contribution in [3.8, 4) is 0 Å². The van der Waals surface area contributed by atoms with Crippen LogP contribution in [-0.4, -0.2) is 11.7 Å². The predicted molar refractivity (Wildman–Crippen MR) is 51.9 cm³/mol. The molecule has 1 aliphatic rings. The minimum Gasteiger partial charge on any atom is -0.396 e. The second kappa shape index (κ2) is 3.90. The quantitative estimate of drug-likeness (QED) is 0.625. The zero-order valence-corrected chi connectivity index (χ0v) is 7.84. The molecule has 1 nitrogen and oxygen atoms in total. The van der Waals surface area contributed by atoms with Gasteiger partial charge in [0.2, 0.25) is 0 Å². The number of allylic oxidation sites excluding steroid dienone is 1. The van der Waals surface area contributed by atoms with Crippen molar-refractivity contribution < 1.29 is 5.11 Å². The fraction of sp³-hybridized carbons (Fsp3) is 0.636. The third kappa shape index (κ3) is 1.98. The van der Waals surface area contributed by atoms with Gasteiger partial charge in [-0.25, -0.2) is 0 Å². The summed E-state index contributed by atoms with van der Waals surface area (Å²) in [4.78, 5) is 0. The molecule has 12 heavy (non-hydrogen) atoms. The maximum absolute atomic E-state index is 9.07. The predicted octanol–water partition coefficient (Wildman–Crippen LogP) is 2.53. The Bertz CT molecular complexity index is 193. The highest BCUT2D eigenvalue weighted by molar-refractivity contribution is 5.10. The first-order chi connectivity index (χ1) is 5.65. The van der Waals surface area contributed by atoms with Gasteiger partial charge in [0.05, 0.1) is 0 Å². The van der Waals surface area contributed by atoms with Crippen LogP contribution in [-0.2, 0) is 0 Å². The average Bonchev–Trinajstić information content (AvgIpc) is 2.05. The van der Waals surface area contributed by atoms with E-state index in [1.807, 2.05) is 0 Å². The monoisotopic (exact) mass is 166 g/mol. The van der Waals surface area contributed by atoms with Crippen LogP contribution in [0.25, 0.3) is 0 Å². The molecule has 0 amide bonds. The molecule has 0 aromatic heterocycles. The van der Waals surface area contributed by atoms with E-state index < -0.39 is 0 Å². The molecule has 1 aliphatic carbocycles. The van der Waals surface area contributed by atoms with E-state index in [2.05, 4.69) is 20.1 Å². The Morgan fingerprint density at radius 2 is 2.33 bits per heavy atom. The van der Waals surface area contributed by atoms with Gasteiger partial charge >= 0.3 is 0 Å². The molecule has 0 aromatic rings. The molecule has 68 valence electrons. The second-order valence-corrected chi connectivity index (χ2v) is 3.86. The molecule has 1 fully saturated rings. The molecule has 0 heterocycles. The summed E-state index contributed by atoms with van der Waals surface area (Å²) in [6, 6.07) is 0. The highest BCUT2D eigenvalue weighted by Gasteiger charge is 2.24. The van der Waals surface area contributed by atoms with Crippen LogP contribution in [0.4, 0.5) is 0 Å². The Labute approximate surface area is 74.8 Å². The van der Waals surface area contributed by atoms with E-state index in [4.69, 9.17) is 5.11 Å². The van der Waals surface area contributed by atoms with E-state index in [0.29, 0.717) is 11.8 Å². The Morgan fingerprint density at radius 1 is 1.67 bits per heavy atom. The molecule has 0 saturated heterocycles. The van der Waals surface area contributed by atoms with Gasteiger partial charge in [-0.1, -0.05) is 24.3 Å². The summed E-state index contributed by atoms with van der Waals surface area (Å²) in [7, 11) is 0. The maximum atomic E-state index is 9.07. The molecule has 0 bridgehead atoms. The molecule has 0 radical (unpaired) electrons. The SMILES string of the molecule is C=C(C)C1CCC(=C)C(CO)C1. The Balaban J connectivity index is 2.55. The molecule has 2 unspecified atom stereocenters. The van der Waals surface area contributed by atoms with Crippen molar-refractivity contribution in [1.82, 2.24) is 0 Å². The van der Waals surface area contributed by atoms with Crippen molar-refractivity contribution in [2.24, 2.45) is 11.8 Å². The Kier molecular flexibility index (Phi) is 3.10. The molecule has 0 aromatic carbocycles. The van der Waals surface area contributed by atoms with E-state index in [9.17, 15) is 0 Å². The van der Waals surface area contributed by atoms with Crippen molar-refractivity contribution in [3.63, 3.8) is 0 Å². The highest BCUT2D eigenvalue weighted by Crippen LogP contribution is 2.35. The number of aliphatic hydroxyl groups excluding tert-OH is 1. The number of hydrogen-bond donors (Lipinski definition) is 1. The maximum Gasteiger partial charge on any atom is 0.0496 e. The molecule has 1 saturated carbocycles. The first-order valence-corrected chi connectivity index (χ1v) is 4.59. The van der Waals surface area contributed by atoms with Crippen LogP contribution in [0.1, 0.15) is 26.2 Å². The van der Waals surface area contributed by atoms with Gasteiger partial charge in [-0.3, -0.25) is 0 Å². The standard InChI is InChI=1S/C11H18O/c1-8(2)10-5-4-9(3)11(6-10)7-12/h10-12H,1,3-7H2,2H3. The summed E-state index contributed by atoms with van der Waals surface area (Å²) in [6.45, 7) is 10.3. The second-order valence-electron chi connectivity index (χ2n) is 3.86. The molecular weight excluding hydrogens is 148 g/mol. The zero-order chi connectivity index (χ0) is 9.14. The molecule has 0 spiro atoms. The summed E-state index contributed by atoms with van der Waals surface area (Å²) >= 11 is 0. The summed E-state index contributed by atoms with van der Waals surface area (Å²) in [5, 5.41) is 9.07. The third-order valence-corrected chi connectivity index (χ3v) is 2.88. The molecule has 2 atom stereocenters. The van der Waals surface area contributed by atoms with E-state index in [1.165, 1.54) is 17.6 Å². The van der Waals surface area contributed by atoms with E-state index >= 15 is 0 Å². The Morgan fingerprint density at radius 3 is 2.83 bits per heavy atom. The van der Waals surface area contributed by atoms with E-state index in [0.717, 1.165) is 12.8 Å². The average molecular weight is 166 g/mol. The summed E-state index contributed by atoms with van der Waals surface area (Å²) in [5.41, 5.74) is 2.47. The summed E-state index contributed by atoms with van der Waals surface area (Å²) in [6.07, 6.45) is 3.28. The zero-order valence-electron chi connectivity index (χ0n) is 7.84. The van der Waals surface area contributed by atoms with Crippen LogP contribution in [0.3, 0.4) is 0 Å². The molecule has 1 N–H and O–H groups in total. The first kappa shape index (κ1) is 9.53. The minimum atomic E-state index is 0.253. The summed E-state index contributed by atoms with van der Waals surface area (Å²) < 4.78 is 0. The number of hydrogen-bond acceptors (Lipinski definition) is 1. The fourth-order valence-corrected chi connectivity index (χ4v) is 1.84. The van der Waals surface area contributed by atoms with E-state index in [-0.39, 0.29) is 6.61 Å². The molecular formula is C11H18O. The Hall–Kier alpha value is -0.560. The van der Waals surface area contributed by atoms with Crippen molar-refractivity contribution in [3.05, 3.63) is 24.3 Å². The van der Waals surface area contributed by atoms with Crippen LogP contribution in [0.5, 0.6) is 0 Å². The van der Waals surface area contributed by atoms with Crippen LogP contribution in [0, 0.1) is 11.8 Å². The van der Waals surface area contributed by atoms with Gasteiger partial charge in [-0.05, 0) is 32.1 Å². The first-order valence-electron chi connectivity index (χ1n) is 4.59. The van der Waals surface area contributed by atoms with Gasteiger partial charge in [0, 0.05) is 12.5 Å². The highest BCUT2D eigenvalue weighted by atomic mass is 16.3. The summed E-state index contributed by atoms with van der Waals surface area (Å²) in [5.74, 6) is 0.924. The van der Waals surface area contributed by atoms with Crippen LogP contribution in [0.2, 0.25) is 0 Å². The molecule has 1 rings (SSSR count). The fourth-order valence-electron chi connectivity index (χ4n) is 1.84. The lowest BCUT2D eigenvalue weighted by Gasteiger charge is -2.30. The topological polar surface area (TPSA) is 20.2 Å². The van der Waals surface area contributed by atoms with E-state index in [1.54, 1.807) is 0 Å². The smallest absolute Gasteiger partial charge is 0.0496 e.